The van der Waals surface area contributed by atoms with Gasteiger partial charge in [-0.15, -0.1) is 10.2 Å². The minimum atomic E-state index is 0.774. The molecule has 4 nitrogen and oxygen atoms in total. The Balaban J connectivity index is 2.18. The summed E-state index contributed by atoms with van der Waals surface area (Å²) in [5, 5.41) is 8.48. The summed E-state index contributed by atoms with van der Waals surface area (Å²) in [6, 6.07) is 5.92. The third-order valence-corrected chi connectivity index (χ3v) is 3.11. The predicted molar refractivity (Wildman–Crippen MR) is 62.9 cm³/mol. The Morgan fingerprint density at radius 2 is 2.19 bits per heavy atom. The molecule has 0 fully saturated rings. The molecule has 1 aromatic carbocycles. The van der Waals surface area contributed by atoms with Crippen molar-refractivity contribution in [1.29, 1.82) is 0 Å². The maximum absolute atomic E-state index is 5.82. The van der Waals surface area contributed by atoms with Crippen molar-refractivity contribution < 1.29 is 0 Å². The van der Waals surface area contributed by atoms with Crippen LogP contribution in [0.3, 0.4) is 0 Å². The quantitative estimate of drug-likeness (QED) is 0.736. The van der Waals surface area contributed by atoms with Crippen LogP contribution in [0.2, 0.25) is 0 Å². The molecule has 1 aromatic heterocycles. The maximum atomic E-state index is 5.82. The first-order valence-corrected chi connectivity index (χ1v) is 5.54. The second-order valence-corrected chi connectivity index (χ2v) is 4.27. The molecule has 0 saturated carbocycles. The van der Waals surface area contributed by atoms with Crippen molar-refractivity contribution in [2.45, 2.75) is 26.3 Å². The molecule has 0 aliphatic carbocycles. The standard InChI is InChI=1S/C12H14N4/c1-8-4-5-9(13)7-10(8)12-15-14-11-3-2-6-16(11)12/h4-5,7H,2-3,6,13H2,1H3. The number of nitrogen functional groups attached to an aromatic ring is 1. The van der Waals surface area contributed by atoms with Gasteiger partial charge in [-0.05, 0) is 31.0 Å². The molecule has 3 rings (SSSR count). The Morgan fingerprint density at radius 1 is 1.31 bits per heavy atom. The molecule has 1 aliphatic rings. The predicted octanol–water partition coefficient (Wildman–Crippen LogP) is 1.78. The minimum Gasteiger partial charge on any atom is -0.399 e. The van der Waals surface area contributed by atoms with E-state index in [1.807, 2.05) is 18.2 Å². The van der Waals surface area contributed by atoms with Crippen LogP contribution < -0.4 is 5.73 Å². The third kappa shape index (κ3) is 1.30. The molecule has 2 heterocycles. The molecule has 82 valence electrons. The summed E-state index contributed by atoms with van der Waals surface area (Å²) in [5.74, 6) is 2.05. The maximum Gasteiger partial charge on any atom is 0.164 e. The van der Waals surface area contributed by atoms with Crippen LogP contribution in [0.25, 0.3) is 11.4 Å². The van der Waals surface area contributed by atoms with Crippen molar-refractivity contribution in [1.82, 2.24) is 14.8 Å². The zero-order valence-electron chi connectivity index (χ0n) is 9.27. The van der Waals surface area contributed by atoms with E-state index in [0.29, 0.717) is 0 Å². The van der Waals surface area contributed by atoms with E-state index in [2.05, 4.69) is 21.7 Å². The van der Waals surface area contributed by atoms with Crippen LogP contribution in [0.4, 0.5) is 5.69 Å². The Bertz CT molecular complexity index is 542. The lowest BCUT2D eigenvalue weighted by molar-refractivity contribution is 0.748. The molecule has 0 atom stereocenters. The van der Waals surface area contributed by atoms with Crippen molar-refractivity contribution in [3.8, 4) is 11.4 Å². The van der Waals surface area contributed by atoms with Crippen LogP contribution in [0.15, 0.2) is 18.2 Å². The number of nitrogens with zero attached hydrogens (tertiary/aromatic N) is 3. The number of hydrogen-bond acceptors (Lipinski definition) is 3. The number of aryl methyl sites for hydroxylation is 2. The van der Waals surface area contributed by atoms with Gasteiger partial charge < -0.3 is 10.3 Å². The van der Waals surface area contributed by atoms with Crippen LogP contribution in [0.5, 0.6) is 0 Å². The van der Waals surface area contributed by atoms with E-state index in [-0.39, 0.29) is 0 Å². The van der Waals surface area contributed by atoms with Gasteiger partial charge in [-0.3, -0.25) is 0 Å². The highest BCUT2D eigenvalue weighted by Gasteiger charge is 2.19. The number of fused-ring (bicyclic) bond motifs is 1. The fraction of sp³-hybridized carbons (Fsp3) is 0.333. The smallest absolute Gasteiger partial charge is 0.164 e. The van der Waals surface area contributed by atoms with Crippen molar-refractivity contribution in [2.24, 2.45) is 0 Å². The molecule has 16 heavy (non-hydrogen) atoms. The summed E-state index contributed by atoms with van der Waals surface area (Å²) in [6.45, 7) is 3.09. The Hall–Kier alpha value is -1.84. The lowest BCUT2D eigenvalue weighted by Gasteiger charge is -2.07. The molecule has 0 bridgehead atoms. The topological polar surface area (TPSA) is 56.7 Å². The van der Waals surface area contributed by atoms with Gasteiger partial charge in [-0.25, -0.2) is 0 Å². The average molecular weight is 214 g/mol. The van der Waals surface area contributed by atoms with Crippen LogP contribution in [0.1, 0.15) is 17.8 Å². The molecule has 0 amide bonds. The summed E-state index contributed by atoms with van der Waals surface area (Å²) in [4.78, 5) is 0. The monoisotopic (exact) mass is 214 g/mol. The van der Waals surface area contributed by atoms with Crippen molar-refractivity contribution in [3.63, 3.8) is 0 Å². The number of benzene rings is 1. The largest absolute Gasteiger partial charge is 0.399 e. The van der Waals surface area contributed by atoms with E-state index in [1.54, 1.807) is 0 Å². The minimum absolute atomic E-state index is 0.774. The highest BCUT2D eigenvalue weighted by atomic mass is 15.3. The Labute approximate surface area is 94.1 Å². The summed E-state index contributed by atoms with van der Waals surface area (Å²) in [7, 11) is 0. The van der Waals surface area contributed by atoms with Crippen molar-refractivity contribution >= 4 is 5.69 Å². The SMILES string of the molecule is Cc1ccc(N)cc1-c1nnc2n1CCC2. The first kappa shape index (κ1) is 9.39. The van der Waals surface area contributed by atoms with Gasteiger partial charge in [-0.1, -0.05) is 6.07 Å². The summed E-state index contributed by atoms with van der Waals surface area (Å²) >= 11 is 0. The van der Waals surface area contributed by atoms with E-state index in [0.717, 1.165) is 35.9 Å². The summed E-state index contributed by atoms with van der Waals surface area (Å²) in [5.41, 5.74) is 8.88. The molecule has 2 N–H and O–H groups in total. The van der Waals surface area contributed by atoms with Gasteiger partial charge in [0.15, 0.2) is 5.82 Å². The second-order valence-electron chi connectivity index (χ2n) is 4.27. The van der Waals surface area contributed by atoms with Crippen LogP contribution >= 0.6 is 0 Å². The van der Waals surface area contributed by atoms with E-state index in [4.69, 9.17) is 5.73 Å². The van der Waals surface area contributed by atoms with Gasteiger partial charge in [0, 0.05) is 24.2 Å². The second kappa shape index (κ2) is 3.33. The van der Waals surface area contributed by atoms with Crippen LogP contribution in [0, 0.1) is 6.92 Å². The van der Waals surface area contributed by atoms with E-state index in [1.165, 1.54) is 12.0 Å². The number of aromatic nitrogens is 3. The van der Waals surface area contributed by atoms with E-state index in [9.17, 15) is 0 Å². The normalized spacial score (nSPS) is 14.1. The lowest BCUT2D eigenvalue weighted by atomic mass is 10.1. The zero-order chi connectivity index (χ0) is 11.1. The van der Waals surface area contributed by atoms with Crippen LogP contribution in [-0.4, -0.2) is 14.8 Å². The van der Waals surface area contributed by atoms with Gasteiger partial charge in [0.1, 0.15) is 5.82 Å². The van der Waals surface area contributed by atoms with E-state index >= 15 is 0 Å². The highest BCUT2D eigenvalue weighted by Crippen LogP contribution is 2.27. The van der Waals surface area contributed by atoms with Gasteiger partial charge in [-0.2, -0.15) is 0 Å². The first-order valence-electron chi connectivity index (χ1n) is 5.54. The van der Waals surface area contributed by atoms with Gasteiger partial charge in [0.2, 0.25) is 0 Å². The molecule has 0 radical (unpaired) electrons. The number of rotatable bonds is 1. The van der Waals surface area contributed by atoms with Crippen molar-refractivity contribution in [3.05, 3.63) is 29.6 Å². The molecule has 0 spiro atoms. The molecular formula is C12H14N4. The van der Waals surface area contributed by atoms with Crippen LogP contribution in [-0.2, 0) is 13.0 Å². The average Bonchev–Trinajstić information content (AvgIpc) is 2.83. The molecule has 0 saturated heterocycles. The molecular weight excluding hydrogens is 200 g/mol. The third-order valence-electron chi connectivity index (χ3n) is 3.11. The molecule has 0 unspecified atom stereocenters. The zero-order valence-corrected chi connectivity index (χ0v) is 9.27. The summed E-state index contributed by atoms with van der Waals surface area (Å²) < 4.78 is 2.20. The highest BCUT2D eigenvalue weighted by molar-refractivity contribution is 5.65. The van der Waals surface area contributed by atoms with Crippen molar-refractivity contribution in [2.75, 3.05) is 5.73 Å². The molecule has 4 heteroatoms. The molecule has 2 aromatic rings. The fourth-order valence-electron chi connectivity index (χ4n) is 2.23. The molecule has 1 aliphatic heterocycles. The number of nitrogens with two attached hydrogens (primary N) is 1. The Kier molecular flexibility index (Phi) is 1.96. The van der Waals surface area contributed by atoms with E-state index < -0.39 is 0 Å². The van der Waals surface area contributed by atoms with Gasteiger partial charge in [0.05, 0.1) is 0 Å². The number of anilines is 1. The van der Waals surface area contributed by atoms with Gasteiger partial charge in [0.25, 0.3) is 0 Å². The van der Waals surface area contributed by atoms with Gasteiger partial charge >= 0.3 is 0 Å². The fourth-order valence-corrected chi connectivity index (χ4v) is 2.23. The lowest BCUT2D eigenvalue weighted by Crippen LogP contribution is -1.98. The summed E-state index contributed by atoms with van der Waals surface area (Å²) in [6.07, 6.45) is 2.20. The Morgan fingerprint density at radius 3 is 3.06 bits per heavy atom. The number of hydrogen-bond donors (Lipinski definition) is 1. The first-order chi connectivity index (χ1) is 7.75.